The van der Waals surface area contributed by atoms with Gasteiger partial charge in [-0.25, -0.2) is 4.99 Å². The smallest absolute Gasteiger partial charge is 0.156 e. The van der Waals surface area contributed by atoms with E-state index in [1.54, 1.807) is 0 Å². The van der Waals surface area contributed by atoms with Crippen molar-refractivity contribution < 1.29 is 4.42 Å². The summed E-state index contributed by atoms with van der Waals surface area (Å²) in [6.07, 6.45) is 0. The first-order chi connectivity index (χ1) is 28.1. The number of hydrogen-bond donors (Lipinski definition) is 0. The summed E-state index contributed by atoms with van der Waals surface area (Å²) in [5, 5.41) is 12.1. The Bertz CT molecular complexity index is 3410. The van der Waals surface area contributed by atoms with Crippen LogP contribution < -0.4 is 0 Å². The van der Waals surface area contributed by atoms with Gasteiger partial charge in [-0.1, -0.05) is 146 Å². The Morgan fingerprint density at radius 2 is 1.12 bits per heavy atom. The minimum Gasteiger partial charge on any atom is -0.456 e. The number of fused-ring (bicyclic) bond motifs is 12. The van der Waals surface area contributed by atoms with E-state index in [1.807, 2.05) is 29.5 Å². The lowest BCUT2D eigenvalue weighted by Gasteiger charge is -2.15. The van der Waals surface area contributed by atoms with Crippen LogP contribution in [0.4, 0.5) is 0 Å². The molecule has 9 aromatic carbocycles. The molecule has 0 radical (unpaired) electrons. The van der Waals surface area contributed by atoms with Crippen LogP contribution in [0, 0.1) is 0 Å². The zero-order valence-corrected chi connectivity index (χ0v) is 32.3. The van der Waals surface area contributed by atoms with Crippen molar-refractivity contribution in [2.45, 2.75) is 19.9 Å². The van der Waals surface area contributed by atoms with Crippen molar-refractivity contribution in [2.24, 2.45) is 9.98 Å². The van der Waals surface area contributed by atoms with Gasteiger partial charge in [-0.05, 0) is 98.8 Å². The number of amidine groups is 1. The van der Waals surface area contributed by atoms with Gasteiger partial charge in [-0.15, -0.1) is 11.3 Å². The molecule has 0 amide bonds. The topological polar surface area (TPSA) is 37.9 Å². The molecule has 0 fully saturated rings. The second-order valence-electron chi connectivity index (χ2n) is 14.9. The van der Waals surface area contributed by atoms with Crippen molar-refractivity contribution in [2.75, 3.05) is 0 Å². The third-order valence-corrected chi connectivity index (χ3v) is 12.7. The summed E-state index contributed by atoms with van der Waals surface area (Å²) in [6.45, 7) is 4.27. The predicted molar refractivity (Wildman–Crippen MR) is 245 cm³/mol. The van der Waals surface area contributed by atoms with Gasteiger partial charge in [0, 0.05) is 42.2 Å². The minimum atomic E-state index is -0.179. The average Bonchev–Trinajstić information content (AvgIpc) is 3.85. The highest BCUT2D eigenvalue weighted by Gasteiger charge is 2.21. The maximum Gasteiger partial charge on any atom is 0.156 e. The number of thiophene rings is 1. The highest BCUT2D eigenvalue weighted by atomic mass is 32.1. The molecule has 0 N–H and O–H groups in total. The van der Waals surface area contributed by atoms with E-state index in [4.69, 9.17) is 14.4 Å². The Balaban J connectivity index is 1.17. The third-order valence-electron chi connectivity index (χ3n) is 11.5. The van der Waals surface area contributed by atoms with Gasteiger partial charge in [0.05, 0.1) is 6.04 Å². The maximum absolute atomic E-state index is 6.69. The summed E-state index contributed by atoms with van der Waals surface area (Å²) in [5.41, 5.74) is 7.91. The molecule has 0 saturated heterocycles. The lowest BCUT2D eigenvalue weighted by molar-refractivity contribution is 0.669. The van der Waals surface area contributed by atoms with Crippen molar-refractivity contribution in [3.8, 4) is 11.1 Å². The summed E-state index contributed by atoms with van der Waals surface area (Å²) >= 11 is 1.84. The van der Waals surface area contributed by atoms with Crippen LogP contribution in [0.25, 0.3) is 85.6 Å². The number of nitrogens with zero attached hydrogens (tertiary/aromatic N) is 2. The fourth-order valence-corrected chi connectivity index (χ4v) is 10.00. The van der Waals surface area contributed by atoms with Gasteiger partial charge in [0.25, 0.3) is 0 Å². The molecule has 11 rings (SSSR count). The van der Waals surface area contributed by atoms with E-state index < -0.39 is 0 Å². The molecule has 0 bridgehead atoms. The van der Waals surface area contributed by atoms with E-state index in [9.17, 15) is 0 Å². The van der Waals surface area contributed by atoms with Gasteiger partial charge in [-0.2, -0.15) is 0 Å². The highest BCUT2D eigenvalue weighted by molar-refractivity contribution is 7.26. The Labute approximate surface area is 333 Å². The van der Waals surface area contributed by atoms with Crippen LogP contribution in [0.5, 0.6) is 0 Å². The first kappa shape index (κ1) is 33.5. The molecule has 0 spiro atoms. The number of rotatable bonds is 5. The zero-order valence-electron chi connectivity index (χ0n) is 31.5. The van der Waals surface area contributed by atoms with Gasteiger partial charge in [0.1, 0.15) is 11.2 Å². The van der Waals surface area contributed by atoms with Crippen LogP contribution in [-0.4, -0.2) is 11.5 Å². The van der Waals surface area contributed by atoms with Crippen LogP contribution in [0.15, 0.2) is 190 Å². The predicted octanol–water partition coefficient (Wildman–Crippen LogP) is 15.1. The lowest BCUT2D eigenvalue weighted by Crippen LogP contribution is -2.07. The molecule has 0 aliphatic carbocycles. The number of furan rings is 1. The number of benzene rings is 9. The third kappa shape index (κ3) is 5.55. The largest absolute Gasteiger partial charge is 0.456 e. The average molecular weight is 749 g/mol. The second-order valence-corrected chi connectivity index (χ2v) is 15.9. The normalized spacial score (nSPS) is 13.2. The molecule has 1 atom stereocenters. The summed E-state index contributed by atoms with van der Waals surface area (Å²) in [7, 11) is 0. The van der Waals surface area contributed by atoms with E-state index in [0.29, 0.717) is 5.84 Å². The van der Waals surface area contributed by atoms with Gasteiger partial charge in [0.15, 0.2) is 5.84 Å². The molecular weight excluding hydrogens is 713 g/mol. The molecule has 0 saturated carbocycles. The summed E-state index contributed by atoms with van der Waals surface area (Å²) < 4.78 is 9.24. The van der Waals surface area contributed by atoms with Gasteiger partial charge in [-0.3, -0.25) is 4.99 Å². The molecule has 0 aliphatic heterocycles. The lowest BCUT2D eigenvalue weighted by atomic mass is 9.91. The number of hydrogen-bond acceptors (Lipinski definition) is 3. The van der Waals surface area contributed by atoms with Crippen LogP contribution in [0.2, 0.25) is 0 Å². The first-order valence-corrected chi connectivity index (χ1v) is 20.3. The Morgan fingerprint density at radius 1 is 0.509 bits per heavy atom. The number of aliphatic imine (C=N–C) groups is 2. The fraction of sp³-hybridized carbons (Fsp3) is 0.0566. The molecule has 1 unspecified atom stereocenters. The van der Waals surface area contributed by atoms with E-state index >= 15 is 0 Å². The molecule has 2 heterocycles. The maximum atomic E-state index is 6.69. The van der Waals surface area contributed by atoms with Crippen LogP contribution in [0.3, 0.4) is 0 Å². The van der Waals surface area contributed by atoms with Gasteiger partial charge in [0.2, 0.25) is 0 Å². The second kappa shape index (κ2) is 13.4. The summed E-state index contributed by atoms with van der Waals surface area (Å²) in [6, 6.07) is 62.6. The van der Waals surface area contributed by atoms with Crippen molar-refractivity contribution in [1.29, 1.82) is 0 Å². The molecule has 2 aromatic heterocycles. The number of para-hydroxylation sites is 1. The van der Waals surface area contributed by atoms with E-state index in [-0.39, 0.29) is 6.04 Å². The van der Waals surface area contributed by atoms with Crippen LogP contribution in [0.1, 0.15) is 36.6 Å². The van der Waals surface area contributed by atoms with Crippen molar-refractivity contribution in [1.82, 2.24) is 0 Å². The van der Waals surface area contributed by atoms with E-state index in [1.165, 1.54) is 58.1 Å². The van der Waals surface area contributed by atoms with Gasteiger partial charge < -0.3 is 4.42 Å². The summed E-state index contributed by atoms with van der Waals surface area (Å²) in [4.78, 5) is 11.0. The molecule has 57 heavy (non-hydrogen) atoms. The molecule has 270 valence electrons. The fourth-order valence-electron chi connectivity index (χ4n) is 8.70. The van der Waals surface area contributed by atoms with Crippen molar-refractivity contribution in [3.63, 3.8) is 0 Å². The highest BCUT2D eigenvalue weighted by Crippen LogP contribution is 2.42. The SMILES string of the molecule is C/C(=N\C(=N/C(C)c1cccc2c1sc1ccccc12)c1cc(-c2ccc3c4ccccc4c4ccccc4c3c2)cc2oc3ccccc3c12)c1ccccc1. The molecule has 4 heteroatoms. The molecule has 11 aromatic rings. The van der Waals surface area contributed by atoms with E-state index in [2.05, 4.69) is 172 Å². The Kier molecular flexibility index (Phi) is 7.87. The Hall–Kier alpha value is -6.88. The Morgan fingerprint density at radius 3 is 1.88 bits per heavy atom. The van der Waals surface area contributed by atoms with Crippen molar-refractivity contribution in [3.05, 3.63) is 193 Å². The summed E-state index contributed by atoms with van der Waals surface area (Å²) in [5.74, 6) is 0.678. The van der Waals surface area contributed by atoms with Crippen LogP contribution >= 0.6 is 11.3 Å². The molecule has 0 aliphatic rings. The monoisotopic (exact) mass is 748 g/mol. The standard InChI is InChI=1S/C53H36N2OS/c1-32(34-15-4-3-5-16-34)54-53(55-33(2)37-23-14-24-44-43-21-11-13-26-50(43)57-52(37)44)47-30-36(31-49-51(47)45-22-10-12-25-48(45)56-49)35-27-28-42-40-19-7-6-17-38(40)39-18-8-9-20-41(39)46(42)29-35/h3-31,33H,1-2H3/b54-32+,55-53-. The van der Waals surface area contributed by atoms with Crippen molar-refractivity contribution >= 4 is 97.3 Å². The minimum absolute atomic E-state index is 0.179. The van der Waals surface area contributed by atoms with Gasteiger partial charge >= 0.3 is 0 Å². The molecule has 3 nitrogen and oxygen atoms in total. The van der Waals surface area contributed by atoms with Crippen LogP contribution in [-0.2, 0) is 0 Å². The molecular formula is C53H36N2OS. The first-order valence-electron chi connectivity index (χ1n) is 19.5. The van der Waals surface area contributed by atoms with E-state index in [0.717, 1.165) is 49.9 Å². The quantitative estimate of drug-likeness (QED) is 0.0981. The zero-order chi connectivity index (χ0) is 38.0.